The number of carbonyl (C=O) groups is 1. The topological polar surface area (TPSA) is 115 Å². The van der Waals surface area contributed by atoms with Gasteiger partial charge in [0, 0.05) is 29.0 Å². The maximum atomic E-state index is 10.8. The van der Waals surface area contributed by atoms with Crippen molar-refractivity contribution in [2.75, 3.05) is 6.54 Å². The average Bonchev–Trinajstić information content (AvgIpc) is 2.98. The highest BCUT2D eigenvalue weighted by Crippen LogP contribution is 2.18. The molecular weight excluding hydrogens is 270 g/mol. The number of carboxylic acid groups (broad SMARTS) is 1. The van der Waals surface area contributed by atoms with E-state index in [0.29, 0.717) is 18.7 Å². The third kappa shape index (κ3) is 3.86. The zero-order valence-electron chi connectivity index (χ0n) is 10.9. The number of hydrogen-bond acceptors (Lipinski definition) is 3. The van der Waals surface area contributed by atoms with E-state index in [0.717, 1.165) is 11.1 Å². The minimum absolute atomic E-state index is 0.0481. The Labute approximate surface area is 120 Å². The molecule has 0 atom stereocenters. The van der Waals surface area contributed by atoms with Gasteiger partial charge in [-0.1, -0.05) is 29.1 Å². The summed E-state index contributed by atoms with van der Waals surface area (Å²) in [4.78, 5) is 13.4. The summed E-state index contributed by atoms with van der Waals surface area (Å²) in [7, 11) is 0. The van der Waals surface area contributed by atoms with Gasteiger partial charge in [-0.05, 0) is 23.7 Å². The number of benzene rings is 1. The van der Waals surface area contributed by atoms with E-state index >= 15 is 0 Å². The predicted molar refractivity (Wildman–Crippen MR) is 76.5 cm³/mol. The van der Waals surface area contributed by atoms with E-state index < -0.39 is 5.97 Å². The third-order valence-electron chi connectivity index (χ3n) is 2.62. The van der Waals surface area contributed by atoms with E-state index in [1.165, 1.54) is 6.07 Å². The lowest BCUT2D eigenvalue weighted by atomic mass is 10.1. The highest BCUT2D eigenvalue weighted by Gasteiger charge is 2.08. The van der Waals surface area contributed by atoms with Gasteiger partial charge >= 0.3 is 5.97 Å². The molecule has 0 spiro atoms. The van der Waals surface area contributed by atoms with Crippen LogP contribution in [0.2, 0.25) is 0 Å². The Hall–Kier alpha value is -3.23. The number of nitrogens with zero attached hydrogens (tertiary/aromatic N) is 4. The molecule has 0 fully saturated rings. The van der Waals surface area contributed by atoms with Crippen molar-refractivity contribution in [3.05, 3.63) is 52.0 Å². The van der Waals surface area contributed by atoms with E-state index in [1.54, 1.807) is 0 Å². The van der Waals surface area contributed by atoms with Crippen LogP contribution in [0.15, 0.2) is 35.4 Å². The molecule has 0 saturated heterocycles. The van der Waals surface area contributed by atoms with Crippen LogP contribution in [-0.2, 0) is 0 Å². The predicted octanol–water partition coefficient (Wildman–Crippen LogP) is 2.83. The second kappa shape index (κ2) is 6.80. The van der Waals surface area contributed by atoms with Crippen molar-refractivity contribution in [2.24, 2.45) is 5.11 Å². The zero-order chi connectivity index (χ0) is 15.1. The highest BCUT2D eigenvalue weighted by atomic mass is 16.4. The van der Waals surface area contributed by atoms with Crippen molar-refractivity contribution < 1.29 is 9.90 Å². The maximum absolute atomic E-state index is 10.8. The molecule has 7 nitrogen and oxygen atoms in total. The molecule has 104 valence electrons. The highest BCUT2D eigenvalue weighted by molar-refractivity contribution is 5.86. The molecule has 0 aliphatic rings. The molecule has 0 unspecified atom stereocenters. The Morgan fingerprint density at radius 2 is 2.19 bits per heavy atom. The van der Waals surface area contributed by atoms with Crippen molar-refractivity contribution in [1.82, 2.24) is 10.2 Å². The van der Waals surface area contributed by atoms with E-state index in [2.05, 4.69) is 32.1 Å². The molecule has 2 aromatic rings. The van der Waals surface area contributed by atoms with Gasteiger partial charge in [-0.2, -0.15) is 5.10 Å². The van der Waals surface area contributed by atoms with Crippen molar-refractivity contribution in [3.8, 4) is 23.1 Å². The first-order valence-electron chi connectivity index (χ1n) is 6.09. The number of aromatic carboxylic acids is 1. The molecule has 7 heteroatoms. The Morgan fingerprint density at radius 1 is 1.43 bits per heavy atom. The molecule has 0 bridgehead atoms. The van der Waals surface area contributed by atoms with Gasteiger partial charge in [0.2, 0.25) is 0 Å². The van der Waals surface area contributed by atoms with Gasteiger partial charge in [0.15, 0.2) is 0 Å². The lowest BCUT2D eigenvalue weighted by molar-refractivity contribution is 0.0690. The van der Waals surface area contributed by atoms with Gasteiger partial charge in [0.25, 0.3) is 0 Å². The fraction of sp³-hybridized carbons (Fsp3) is 0.143. The number of aromatic amines is 1. The maximum Gasteiger partial charge on any atom is 0.353 e. The number of rotatable bonds is 4. The van der Waals surface area contributed by atoms with Crippen molar-refractivity contribution >= 4 is 5.97 Å². The molecule has 1 heterocycles. The molecule has 0 saturated carbocycles. The number of hydrogen-bond donors (Lipinski definition) is 2. The Bertz CT molecular complexity index is 746. The summed E-state index contributed by atoms with van der Waals surface area (Å²) in [6.07, 6.45) is 0.507. The fourth-order valence-electron chi connectivity index (χ4n) is 1.62. The number of aromatic nitrogens is 2. The standard InChI is InChI=1S/C14H11N5O2/c15-19-16-8-2-1-3-10-4-6-11(7-5-10)12-9-13(14(20)21)18-17-12/h4-7,9H,2,8H2,(H,17,18)(H,20,21). The van der Waals surface area contributed by atoms with E-state index in [1.807, 2.05) is 24.3 Å². The van der Waals surface area contributed by atoms with E-state index in [4.69, 9.17) is 10.6 Å². The van der Waals surface area contributed by atoms with Crippen LogP contribution >= 0.6 is 0 Å². The smallest absolute Gasteiger partial charge is 0.353 e. The van der Waals surface area contributed by atoms with Crippen molar-refractivity contribution in [3.63, 3.8) is 0 Å². The van der Waals surface area contributed by atoms with Crippen LogP contribution in [0.3, 0.4) is 0 Å². The first-order valence-corrected chi connectivity index (χ1v) is 6.09. The molecule has 0 aliphatic heterocycles. The molecule has 0 radical (unpaired) electrons. The SMILES string of the molecule is [N-]=[N+]=NCCC#Cc1ccc(-c2cc(C(=O)O)[nH]n2)cc1. The molecule has 0 amide bonds. The minimum atomic E-state index is -1.05. The van der Waals surface area contributed by atoms with Gasteiger partial charge in [-0.25, -0.2) is 4.79 Å². The molecule has 2 rings (SSSR count). The van der Waals surface area contributed by atoms with Crippen LogP contribution < -0.4 is 0 Å². The quantitative estimate of drug-likeness (QED) is 0.295. The summed E-state index contributed by atoms with van der Waals surface area (Å²) in [5.74, 6) is 4.81. The van der Waals surface area contributed by atoms with Crippen molar-refractivity contribution in [1.29, 1.82) is 0 Å². The van der Waals surface area contributed by atoms with Gasteiger partial charge < -0.3 is 5.11 Å². The number of H-pyrrole nitrogens is 1. The van der Waals surface area contributed by atoms with Crippen LogP contribution in [0.1, 0.15) is 22.5 Å². The largest absolute Gasteiger partial charge is 0.477 e. The van der Waals surface area contributed by atoms with Crippen LogP contribution in [0.5, 0.6) is 0 Å². The van der Waals surface area contributed by atoms with Gasteiger partial charge in [0.1, 0.15) is 5.69 Å². The van der Waals surface area contributed by atoms with Crippen LogP contribution in [0.25, 0.3) is 21.7 Å². The summed E-state index contributed by atoms with van der Waals surface area (Å²) in [6.45, 7) is 0.354. The second-order valence-electron chi connectivity index (χ2n) is 4.06. The average molecular weight is 281 g/mol. The van der Waals surface area contributed by atoms with E-state index in [-0.39, 0.29) is 5.69 Å². The van der Waals surface area contributed by atoms with Crippen LogP contribution in [0.4, 0.5) is 0 Å². The van der Waals surface area contributed by atoms with Gasteiger partial charge in [-0.3, -0.25) is 5.10 Å². The lowest BCUT2D eigenvalue weighted by Gasteiger charge is -1.96. The normalized spacial score (nSPS) is 9.33. The molecule has 1 aromatic heterocycles. The van der Waals surface area contributed by atoms with Gasteiger partial charge in [0.05, 0.1) is 5.69 Å². The first kappa shape index (κ1) is 14.2. The second-order valence-corrected chi connectivity index (χ2v) is 4.06. The molecule has 2 N–H and O–H groups in total. The molecule has 21 heavy (non-hydrogen) atoms. The number of azide groups is 1. The summed E-state index contributed by atoms with van der Waals surface area (Å²) in [5, 5.41) is 18.6. The monoisotopic (exact) mass is 281 g/mol. The van der Waals surface area contributed by atoms with Crippen molar-refractivity contribution in [2.45, 2.75) is 6.42 Å². The van der Waals surface area contributed by atoms with Crippen LogP contribution in [-0.4, -0.2) is 27.8 Å². The summed E-state index contributed by atoms with van der Waals surface area (Å²) in [5.41, 5.74) is 10.4. The summed E-state index contributed by atoms with van der Waals surface area (Å²) < 4.78 is 0. The third-order valence-corrected chi connectivity index (χ3v) is 2.62. The number of nitrogens with one attached hydrogen (secondary N) is 1. The lowest BCUT2D eigenvalue weighted by Crippen LogP contribution is -1.95. The molecular formula is C14H11N5O2. The summed E-state index contributed by atoms with van der Waals surface area (Å²) in [6, 6.07) is 8.76. The Balaban J connectivity index is 2.07. The Kier molecular flexibility index (Phi) is 4.59. The fourth-order valence-corrected chi connectivity index (χ4v) is 1.62. The minimum Gasteiger partial charge on any atom is -0.477 e. The molecule has 0 aliphatic carbocycles. The Morgan fingerprint density at radius 3 is 2.81 bits per heavy atom. The number of carboxylic acids is 1. The molecule has 1 aromatic carbocycles. The zero-order valence-corrected chi connectivity index (χ0v) is 10.9. The van der Waals surface area contributed by atoms with Gasteiger partial charge in [-0.15, -0.1) is 0 Å². The summed E-state index contributed by atoms with van der Waals surface area (Å²) >= 11 is 0. The van der Waals surface area contributed by atoms with Crippen LogP contribution in [0, 0.1) is 11.8 Å². The first-order chi connectivity index (χ1) is 10.2. The van der Waals surface area contributed by atoms with E-state index in [9.17, 15) is 4.79 Å².